The van der Waals surface area contributed by atoms with E-state index in [0.717, 1.165) is 5.56 Å². The van der Waals surface area contributed by atoms with Gasteiger partial charge in [0.25, 0.3) is 0 Å². The van der Waals surface area contributed by atoms with E-state index in [2.05, 4.69) is 11.9 Å². The van der Waals surface area contributed by atoms with E-state index >= 15 is 4.79 Å². The molecule has 0 aromatic heterocycles. The SMILES string of the molecule is CC(=CC(O)C(CN=C(N)N)C(C)C1CC2(O)C=CC3(O)C4=C(C(=O)CC1(C)C42C)C1(C)CCC(=O)C(C)(C)C1C3C=Cc1ccccc1)C(=O)O. The van der Waals surface area contributed by atoms with Gasteiger partial charge in [-0.2, -0.15) is 0 Å². The summed E-state index contributed by atoms with van der Waals surface area (Å²) in [7, 11) is 0. The molecule has 0 aliphatic heterocycles. The quantitative estimate of drug-likeness (QED) is 0.0918. The molecule has 2 fully saturated rings. The molecule has 1 aromatic rings. The van der Waals surface area contributed by atoms with Crippen LogP contribution in [0.25, 0.3) is 6.08 Å². The third kappa shape index (κ3) is 5.15. The summed E-state index contributed by atoms with van der Waals surface area (Å²) in [5.41, 5.74) is 6.55. The smallest absolute Gasteiger partial charge is 0.331 e. The Morgan fingerprint density at radius 2 is 1.71 bits per heavy atom. The standard InChI is InChI=1S/C42H55N3O7/c1-23(35(49)50)19-29(46)26(22-45-36(43)44)24(2)28-20-41(51)17-18-42(52)27(14-13-25-11-9-8-10-12-25)33-37(3,4)31(48)15-16-38(33,5)32-30(47)21-39(28,6)40(41,7)34(32)42/h8-14,17-19,24,26-29,33,46,51-52H,15-16,20-22H2,1-7H3,(H,49,50)(H4,43,44,45). The van der Waals surface area contributed by atoms with Gasteiger partial charge in [0, 0.05) is 58.6 Å². The normalized spacial score (nSPS) is 39.5. The first kappa shape index (κ1) is 37.9. The van der Waals surface area contributed by atoms with E-state index in [1.165, 1.54) is 13.0 Å². The average molecular weight is 714 g/mol. The molecule has 0 spiro atoms. The number of guanidine groups is 1. The zero-order valence-corrected chi connectivity index (χ0v) is 31.4. The van der Waals surface area contributed by atoms with E-state index < -0.39 is 74.5 Å². The lowest BCUT2D eigenvalue weighted by atomic mass is 9.36. The summed E-state index contributed by atoms with van der Waals surface area (Å²) >= 11 is 0. The number of aliphatic hydroxyl groups excluding tert-OH is 1. The van der Waals surface area contributed by atoms with Gasteiger partial charge in [-0.15, -0.1) is 0 Å². The molecule has 0 radical (unpaired) electrons. The molecule has 0 bridgehead atoms. The molecule has 52 heavy (non-hydrogen) atoms. The third-order valence-corrected chi connectivity index (χ3v) is 14.7. The number of carboxylic acid groups (broad SMARTS) is 1. The van der Waals surface area contributed by atoms with Crippen molar-refractivity contribution in [1.29, 1.82) is 0 Å². The lowest BCUT2D eigenvalue weighted by Crippen LogP contribution is -2.69. The summed E-state index contributed by atoms with van der Waals surface area (Å²) in [6.07, 6.45) is 8.48. The van der Waals surface area contributed by atoms with E-state index in [0.29, 0.717) is 24.0 Å². The molecule has 11 unspecified atom stereocenters. The fourth-order valence-electron chi connectivity index (χ4n) is 11.9. The van der Waals surface area contributed by atoms with Gasteiger partial charge in [-0.1, -0.05) is 90.1 Å². The molecule has 2 saturated carbocycles. The van der Waals surface area contributed by atoms with E-state index in [-0.39, 0.29) is 42.5 Å². The van der Waals surface area contributed by atoms with Crippen LogP contribution < -0.4 is 11.5 Å². The van der Waals surface area contributed by atoms with Crippen molar-refractivity contribution in [3.8, 4) is 0 Å². The van der Waals surface area contributed by atoms with Crippen molar-refractivity contribution < 1.29 is 34.8 Å². The number of ketones is 2. The fourth-order valence-corrected chi connectivity index (χ4v) is 11.9. The molecule has 6 rings (SSSR count). The summed E-state index contributed by atoms with van der Waals surface area (Å²) in [5, 5.41) is 47.4. The van der Waals surface area contributed by atoms with Crippen LogP contribution in [0.1, 0.15) is 79.7 Å². The molecular weight excluding hydrogens is 658 g/mol. The van der Waals surface area contributed by atoms with Crippen molar-refractivity contribution in [2.24, 2.45) is 67.7 Å². The number of aliphatic hydroxyl groups is 3. The number of benzene rings is 1. The fraction of sp³-hybridized carbons (Fsp3) is 0.571. The second-order valence-corrected chi connectivity index (χ2v) is 17.6. The number of carbonyl (C=O) groups is 3. The first-order valence-corrected chi connectivity index (χ1v) is 18.5. The highest BCUT2D eigenvalue weighted by Gasteiger charge is 2.78. The van der Waals surface area contributed by atoms with Crippen LogP contribution in [-0.4, -0.2) is 67.8 Å². The van der Waals surface area contributed by atoms with Crippen LogP contribution >= 0.6 is 0 Å². The largest absolute Gasteiger partial charge is 0.478 e. The Bertz CT molecular complexity index is 1840. The topological polar surface area (TPSA) is 197 Å². The summed E-state index contributed by atoms with van der Waals surface area (Å²) in [6, 6.07) is 9.77. The Balaban J connectivity index is 1.57. The summed E-state index contributed by atoms with van der Waals surface area (Å²) < 4.78 is 0. The lowest BCUT2D eigenvalue weighted by molar-refractivity contribution is -0.162. The number of Topliss-reactive ketones (excluding diaryl/α,β-unsaturated/α-hetero) is 2. The number of nitrogens with zero attached hydrogens (tertiary/aromatic N) is 1. The van der Waals surface area contributed by atoms with E-state index in [9.17, 15) is 30.0 Å². The van der Waals surface area contributed by atoms with Crippen molar-refractivity contribution in [3.05, 3.63) is 76.9 Å². The Kier molecular flexibility index (Phi) is 9.00. The second-order valence-electron chi connectivity index (χ2n) is 17.6. The van der Waals surface area contributed by atoms with Crippen molar-refractivity contribution in [3.63, 3.8) is 0 Å². The van der Waals surface area contributed by atoms with Crippen molar-refractivity contribution in [2.45, 2.75) is 91.5 Å². The Labute approximate surface area is 306 Å². The first-order chi connectivity index (χ1) is 24.1. The van der Waals surface area contributed by atoms with Gasteiger partial charge in [0.05, 0.1) is 11.7 Å². The van der Waals surface area contributed by atoms with Gasteiger partial charge in [0.15, 0.2) is 11.7 Å². The predicted octanol–water partition coefficient (Wildman–Crippen LogP) is 4.59. The van der Waals surface area contributed by atoms with Crippen LogP contribution in [0.2, 0.25) is 0 Å². The number of aliphatic imine (C=N–C) groups is 1. The van der Waals surface area contributed by atoms with Crippen LogP contribution in [0.15, 0.2) is 76.3 Å². The average Bonchev–Trinajstić information content (AvgIpc) is 3.24. The van der Waals surface area contributed by atoms with Gasteiger partial charge < -0.3 is 31.9 Å². The minimum Gasteiger partial charge on any atom is -0.478 e. The number of hydrogen-bond acceptors (Lipinski definition) is 7. The minimum atomic E-state index is -1.70. The van der Waals surface area contributed by atoms with Crippen LogP contribution in [0.3, 0.4) is 0 Å². The molecule has 1 aromatic carbocycles. The first-order valence-electron chi connectivity index (χ1n) is 18.5. The molecular formula is C42H55N3O7. The summed E-state index contributed by atoms with van der Waals surface area (Å²) in [5.74, 6) is -3.85. The molecule has 0 heterocycles. The molecule has 0 amide bonds. The monoisotopic (exact) mass is 713 g/mol. The van der Waals surface area contributed by atoms with Gasteiger partial charge in [-0.3, -0.25) is 14.6 Å². The summed E-state index contributed by atoms with van der Waals surface area (Å²) in [6.45, 7) is 13.3. The molecule has 10 heteroatoms. The Hall–Kier alpha value is -3.86. The minimum absolute atomic E-state index is 0.00727. The molecule has 280 valence electrons. The van der Waals surface area contributed by atoms with Gasteiger partial charge in [0.1, 0.15) is 11.4 Å². The highest BCUT2D eigenvalue weighted by molar-refractivity contribution is 6.02. The maximum atomic E-state index is 15.0. The Morgan fingerprint density at radius 1 is 1.06 bits per heavy atom. The molecule has 8 N–H and O–H groups in total. The summed E-state index contributed by atoms with van der Waals surface area (Å²) in [4.78, 5) is 44.7. The van der Waals surface area contributed by atoms with Gasteiger partial charge in [-0.05, 0) is 66.2 Å². The van der Waals surface area contributed by atoms with E-state index in [1.807, 2.05) is 77.1 Å². The zero-order valence-electron chi connectivity index (χ0n) is 31.4. The maximum absolute atomic E-state index is 15.0. The number of fused-ring (bicyclic) bond motifs is 2. The van der Waals surface area contributed by atoms with Crippen molar-refractivity contribution in [2.75, 3.05) is 6.54 Å². The van der Waals surface area contributed by atoms with Crippen LogP contribution in [0, 0.1) is 51.2 Å². The molecule has 11 atom stereocenters. The molecule has 5 aliphatic rings. The Morgan fingerprint density at radius 3 is 2.33 bits per heavy atom. The predicted molar refractivity (Wildman–Crippen MR) is 199 cm³/mol. The van der Waals surface area contributed by atoms with Gasteiger partial charge in [-0.25, -0.2) is 4.79 Å². The van der Waals surface area contributed by atoms with Crippen molar-refractivity contribution >= 4 is 29.6 Å². The third-order valence-electron chi connectivity index (χ3n) is 14.7. The number of carboxylic acids is 1. The van der Waals surface area contributed by atoms with Gasteiger partial charge in [0.2, 0.25) is 0 Å². The number of carbonyl (C=O) groups excluding carboxylic acids is 2. The van der Waals surface area contributed by atoms with Crippen LogP contribution in [0.4, 0.5) is 0 Å². The molecule has 10 nitrogen and oxygen atoms in total. The molecule has 0 saturated heterocycles. The highest BCUT2D eigenvalue weighted by atomic mass is 16.4. The van der Waals surface area contributed by atoms with Gasteiger partial charge >= 0.3 is 5.97 Å². The zero-order chi connectivity index (χ0) is 38.4. The highest BCUT2D eigenvalue weighted by Crippen LogP contribution is 2.78. The van der Waals surface area contributed by atoms with E-state index in [1.54, 1.807) is 12.2 Å². The second kappa shape index (κ2) is 12.4. The number of allylic oxidation sites excluding steroid dienone is 1. The number of rotatable bonds is 9. The maximum Gasteiger partial charge on any atom is 0.331 e. The van der Waals surface area contributed by atoms with Crippen LogP contribution in [-0.2, 0) is 14.4 Å². The number of aliphatic carboxylic acids is 1. The number of hydrogen-bond donors (Lipinski definition) is 6. The number of nitrogens with two attached hydrogens (primary N) is 2. The van der Waals surface area contributed by atoms with Crippen LogP contribution in [0.5, 0.6) is 0 Å². The van der Waals surface area contributed by atoms with E-state index in [4.69, 9.17) is 11.5 Å². The lowest BCUT2D eigenvalue weighted by Gasteiger charge is -2.68. The van der Waals surface area contributed by atoms with Crippen molar-refractivity contribution in [1.82, 2.24) is 0 Å². The molecule has 5 aliphatic carbocycles.